The summed E-state index contributed by atoms with van der Waals surface area (Å²) in [5.74, 6) is 1.93. The molecule has 1 aromatic carbocycles. The van der Waals surface area contributed by atoms with Gasteiger partial charge in [0.2, 0.25) is 0 Å². The molecule has 4 nitrogen and oxygen atoms in total. The molecule has 1 aliphatic rings. The molecule has 0 atom stereocenters. The predicted molar refractivity (Wildman–Crippen MR) is 86.2 cm³/mol. The normalized spacial score (nSPS) is 14.5. The van der Waals surface area contributed by atoms with Crippen LogP contribution in [-0.4, -0.2) is 20.8 Å². The summed E-state index contributed by atoms with van der Waals surface area (Å²) in [5.41, 5.74) is 1.36. The van der Waals surface area contributed by atoms with Crippen LogP contribution in [0.5, 0.6) is 0 Å². The summed E-state index contributed by atoms with van der Waals surface area (Å²) in [4.78, 5) is 5.66. The Morgan fingerprint density at radius 3 is 3.10 bits per heavy atom. The maximum Gasteiger partial charge on any atom is 0.138 e. The molecule has 1 fully saturated rings. The molecule has 112 valence electrons. The molecule has 0 saturated heterocycles. The quantitative estimate of drug-likeness (QED) is 0.760. The molecule has 0 radical (unpaired) electrons. The van der Waals surface area contributed by atoms with Crippen molar-refractivity contribution in [2.24, 2.45) is 0 Å². The van der Waals surface area contributed by atoms with Crippen molar-refractivity contribution < 1.29 is 0 Å². The summed E-state index contributed by atoms with van der Waals surface area (Å²) in [6.07, 6.45) is 5.41. The van der Waals surface area contributed by atoms with Crippen molar-refractivity contribution in [3.8, 4) is 0 Å². The van der Waals surface area contributed by atoms with E-state index in [9.17, 15) is 0 Å². The monoisotopic (exact) mass is 302 g/mol. The molecule has 3 rings (SSSR count). The van der Waals surface area contributed by atoms with Crippen LogP contribution in [0.2, 0.25) is 0 Å². The third-order valence-electron chi connectivity index (χ3n) is 3.57. The molecule has 0 bridgehead atoms. The zero-order chi connectivity index (χ0) is 14.5. The van der Waals surface area contributed by atoms with Crippen molar-refractivity contribution in [3.63, 3.8) is 0 Å². The lowest BCUT2D eigenvalue weighted by molar-refractivity contribution is 0.581. The highest BCUT2D eigenvalue weighted by Crippen LogP contribution is 2.24. The number of hydrogen-bond acceptors (Lipinski definition) is 4. The van der Waals surface area contributed by atoms with Crippen LogP contribution in [0.3, 0.4) is 0 Å². The van der Waals surface area contributed by atoms with Crippen molar-refractivity contribution in [1.82, 2.24) is 20.1 Å². The van der Waals surface area contributed by atoms with E-state index in [2.05, 4.69) is 46.6 Å². The van der Waals surface area contributed by atoms with Crippen LogP contribution in [0.1, 0.15) is 37.6 Å². The summed E-state index contributed by atoms with van der Waals surface area (Å²) in [5, 5.41) is 7.83. The standard InChI is InChI=1S/C16H22N4S/c1-2-8-20-16(18-12-19-20)11-21-15-5-3-4-13(9-15)10-17-14-6-7-14/h3-5,9,12,14,17H,2,6-8,10-11H2,1H3. The lowest BCUT2D eigenvalue weighted by atomic mass is 10.2. The molecule has 1 aromatic heterocycles. The fraction of sp³-hybridized carbons (Fsp3) is 0.500. The van der Waals surface area contributed by atoms with Gasteiger partial charge in [-0.1, -0.05) is 19.1 Å². The summed E-state index contributed by atoms with van der Waals surface area (Å²) >= 11 is 1.83. The van der Waals surface area contributed by atoms with Crippen molar-refractivity contribution >= 4 is 11.8 Å². The molecule has 1 aliphatic carbocycles. The van der Waals surface area contributed by atoms with Crippen LogP contribution in [0, 0.1) is 0 Å². The minimum Gasteiger partial charge on any atom is -0.310 e. The van der Waals surface area contributed by atoms with Gasteiger partial charge < -0.3 is 5.32 Å². The second-order valence-electron chi connectivity index (χ2n) is 5.49. The van der Waals surface area contributed by atoms with Gasteiger partial charge in [0.15, 0.2) is 0 Å². The molecule has 1 saturated carbocycles. The molecule has 21 heavy (non-hydrogen) atoms. The highest BCUT2D eigenvalue weighted by atomic mass is 32.2. The zero-order valence-electron chi connectivity index (χ0n) is 12.5. The summed E-state index contributed by atoms with van der Waals surface area (Å²) in [6, 6.07) is 9.54. The first kappa shape index (κ1) is 14.6. The van der Waals surface area contributed by atoms with Gasteiger partial charge in [-0.25, -0.2) is 9.67 Å². The number of nitrogens with one attached hydrogen (secondary N) is 1. The first-order valence-corrected chi connectivity index (χ1v) is 8.65. The van der Waals surface area contributed by atoms with Crippen LogP contribution < -0.4 is 5.32 Å². The van der Waals surface area contributed by atoms with E-state index < -0.39 is 0 Å². The van der Waals surface area contributed by atoms with E-state index in [0.717, 1.165) is 37.1 Å². The van der Waals surface area contributed by atoms with Gasteiger partial charge in [0.1, 0.15) is 12.2 Å². The minimum atomic E-state index is 0.758. The molecular weight excluding hydrogens is 280 g/mol. The molecular formula is C16H22N4S. The summed E-state index contributed by atoms with van der Waals surface area (Å²) in [7, 11) is 0. The van der Waals surface area contributed by atoms with E-state index in [1.807, 2.05) is 16.4 Å². The van der Waals surface area contributed by atoms with E-state index in [4.69, 9.17) is 0 Å². The smallest absolute Gasteiger partial charge is 0.138 e. The Kier molecular flexibility index (Phi) is 4.93. The molecule has 0 amide bonds. The van der Waals surface area contributed by atoms with Crippen LogP contribution in [-0.2, 0) is 18.8 Å². The first-order valence-electron chi connectivity index (χ1n) is 7.67. The van der Waals surface area contributed by atoms with Gasteiger partial charge in [-0.05, 0) is 37.0 Å². The second kappa shape index (κ2) is 7.09. The first-order chi connectivity index (χ1) is 10.3. The number of thioether (sulfide) groups is 1. The Labute approximate surface area is 130 Å². The van der Waals surface area contributed by atoms with E-state index in [1.165, 1.54) is 23.3 Å². The average molecular weight is 302 g/mol. The average Bonchev–Trinajstić information content (AvgIpc) is 3.24. The van der Waals surface area contributed by atoms with Gasteiger partial charge in [-0.2, -0.15) is 5.10 Å². The van der Waals surface area contributed by atoms with Gasteiger partial charge >= 0.3 is 0 Å². The second-order valence-corrected chi connectivity index (χ2v) is 6.54. The van der Waals surface area contributed by atoms with Crippen LogP contribution in [0.4, 0.5) is 0 Å². The Morgan fingerprint density at radius 1 is 1.38 bits per heavy atom. The lowest BCUT2D eigenvalue weighted by Gasteiger charge is -2.07. The molecule has 0 spiro atoms. The van der Waals surface area contributed by atoms with Crippen molar-refractivity contribution in [3.05, 3.63) is 42.0 Å². The van der Waals surface area contributed by atoms with E-state index >= 15 is 0 Å². The van der Waals surface area contributed by atoms with Crippen molar-refractivity contribution in [2.75, 3.05) is 0 Å². The van der Waals surface area contributed by atoms with Gasteiger partial charge in [0.05, 0.1) is 5.75 Å². The number of benzene rings is 1. The third kappa shape index (κ3) is 4.32. The number of nitrogens with zero attached hydrogens (tertiary/aromatic N) is 3. The number of hydrogen-bond donors (Lipinski definition) is 1. The summed E-state index contributed by atoms with van der Waals surface area (Å²) in [6.45, 7) is 4.08. The highest BCUT2D eigenvalue weighted by Gasteiger charge is 2.19. The van der Waals surface area contributed by atoms with Gasteiger partial charge in [0.25, 0.3) is 0 Å². The fourth-order valence-corrected chi connectivity index (χ4v) is 3.17. The molecule has 1 N–H and O–H groups in total. The Morgan fingerprint density at radius 2 is 2.29 bits per heavy atom. The lowest BCUT2D eigenvalue weighted by Crippen LogP contribution is -2.15. The number of aryl methyl sites for hydroxylation is 1. The van der Waals surface area contributed by atoms with Crippen molar-refractivity contribution in [1.29, 1.82) is 0 Å². The topological polar surface area (TPSA) is 42.7 Å². The zero-order valence-corrected chi connectivity index (χ0v) is 13.3. The SMILES string of the molecule is CCCn1ncnc1CSc1cccc(CNC2CC2)c1. The third-order valence-corrected chi connectivity index (χ3v) is 4.56. The number of rotatable bonds is 8. The molecule has 5 heteroatoms. The molecule has 0 aliphatic heterocycles. The van der Waals surface area contributed by atoms with Crippen LogP contribution in [0.25, 0.3) is 0 Å². The number of aromatic nitrogens is 3. The van der Waals surface area contributed by atoms with E-state index in [1.54, 1.807) is 6.33 Å². The minimum absolute atomic E-state index is 0.758. The predicted octanol–water partition coefficient (Wildman–Crippen LogP) is 3.23. The highest BCUT2D eigenvalue weighted by molar-refractivity contribution is 7.98. The van der Waals surface area contributed by atoms with Gasteiger partial charge in [-0.15, -0.1) is 11.8 Å². The Hall–Kier alpha value is -1.33. The van der Waals surface area contributed by atoms with Crippen LogP contribution in [0.15, 0.2) is 35.5 Å². The van der Waals surface area contributed by atoms with Gasteiger partial charge in [-0.3, -0.25) is 0 Å². The van der Waals surface area contributed by atoms with Crippen LogP contribution >= 0.6 is 11.8 Å². The summed E-state index contributed by atoms with van der Waals surface area (Å²) < 4.78 is 2.01. The maximum atomic E-state index is 4.36. The van der Waals surface area contributed by atoms with E-state index in [0.29, 0.717) is 0 Å². The largest absolute Gasteiger partial charge is 0.310 e. The Bertz CT molecular complexity index is 577. The fourth-order valence-electron chi connectivity index (χ4n) is 2.24. The Balaban J connectivity index is 1.56. The van der Waals surface area contributed by atoms with E-state index in [-0.39, 0.29) is 0 Å². The van der Waals surface area contributed by atoms with Gasteiger partial charge in [0, 0.05) is 24.0 Å². The molecule has 1 heterocycles. The van der Waals surface area contributed by atoms with Crippen molar-refractivity contribution in [2.45, 2.75) is 56.0 Å². The maximum absolute atomic E-state index is 4.36. The molecule has 0 unspecified atom stereocenters. The molecule has 2 aromatic rings.